The molecule has 33 heavy (non-hydrogen) atoms. The van der Waals surface area contributed by atoms with E-state index in [1.807, 2.05) is 43.3 Å². The molecule has 0 aliphatic carbocycles. The van der Waals surface area contributed by atoms with E-state index in [1.165, 1.54) is 10.8 Å². The molecule has 1 amide bonds. The average Bonchev–Trinajstić information content (AvgIpc) is 2.81. The Morgan fingerprint density at radius 2 is 1.88 bits per heavy atom. The van der Waals surface area contributed by atoms with Gasteiger partial charge in [0.25, 0.3) is 11.5 Å². The number of aromatic hydroxyl groups is 1. The number of nitrogens with one attached hydrogen (secondary N) is 1. The largest absolute Gasteiger partial charge is 0.507 e. The van der Waals surface area contributed by atoms with Gasteiger partial charge < -0.3 is 5.11 Å². The molecule has 4 aromatic rings. The number of allylic oxidation sites excluding steroid dienone is 1. The fourth-order valence-electron chi connectivity index (χ4n) is 3.42. The van der Waals surface area contributed by atoms with Crippen LogP contribution in [-0.2, 0) is 11.3 Å². The number of benzene rings is 3. The van der Waals surface area contributed by atoms with Gasteiger partial charge in [-0.25, -0.2) is 10.4 Å². The molecule has 4 rings (SSSR count). The summed E-state index contributed by atoms with van der Waals surface area (Å²) in [5.74, 6) is -0.273. The Morgan fingerprint density at radius 3 is 2.67 bits per heavy atom. The summed E-state index contributed by atoms with van der Waals surface area (Å²) < 4.78 is 1.53. The number of aromatic nitrogens is 2. The minimum atomic E-state index is -0.361. The Bertz CT molecular complexity index is 1460. The summed E-state index contributed by atoms with van der Waals surface area (Å²) in [5, 5.41) is 16.9. The first-order valence-corrected chi connectivity index (χ1v) is 11.2. The highest BCUT2D eigenvalue weighted by atomic mass is 32.2. The van der Waals surface area contributed by atoms with Crippen molar-refractivity contribution in [1.29, 1.82) is 0 Å². The summed E-state index contributed by atoms with van der Waals surface area (Å²) in [7, 11) is 0. The van der Waals surface area contributed by atoms with Gasteiger partial charge in [0.15, 0.2) is 5.16 Å². The maximum absolute atomic E-state index is 12.9. The number of carbonyl (C=O) groups excluding carboxylic acids is 1. The summed E-state index contributed by atoms with van der Waals surface area (Å²) >= 11 is 1.15. The van der Waals surface area contributed by atoms with E-state index >= 15 is 0 Å². The van der Waals surface area contributed by atoms with Crippen molar-refractivity contribution in [2.24, 2.45) is 5.10 Å². The summed E-state index contributed by atoms with van der Waals surface area (Å²) in [6.45, 7) is 6.04. The second-order valence-electron chi connectivity index (χ2n) is 7.56. The number of carbonyl (C=O) groups is 1. The van der Waals surface area contributed by atoms with Crippen LogP contribution in [0, 0.1) is 0 Å². The van der Waals surface area contributed by atoms with Crippen molar-refractivity contribution in [2.75, 3.05) is 5.75 Å². The van der Waals surface area contributed by atoms with Crippen LogP contribution in [0.1, 0.15) is 12.5 Å². The monoisotopic (exact) mass is 458 g/mol. The third-order valence-corrected chi connectivity index (χ3v) is 5.89. The molecular formula is C25H22N4O3S. The van der Waals surface area contributed by atoms with Crippen LogP contribution in [0.15, 0.2) is 87.9 Å². The highest BCUT2D eigenvalue weighted by Crippen LogP contribution is 2.25. The molecule has 2 N–H and O–H groups in total. The Kier molecular flexibility index (Phi) is 6.55. The summed E-state index contributed by atoms with van der Waals surface area (Å²) in [5.41, 5.74) is 4.20. The van der Waals surface area contributed by atoms with Gasteiger partial charge in [-0.3, -0.25) is 14.2 Å². The number of thioether (sulfide) groups is 1. The van der Waals surface area contributed by atoms with E-state index < -0.39 is 0 Å². The van der Waals surface area contributed by atoms with Gasteiger partial charge in [0.2, 0.25) is 0 Å². The van der Waals surface area contributed by atoms with Gasteiger partial charge in [-0.1, -0.05) is 66.4 Å². The molecule has 0 bridgehead atoms. The van der Waals surface area contributed by atoms with Gasteiger partial charge in [0.1, 0.15) is 5.75 Å². The lowest BCUT2D eigenvalue weighted by atomic mass is 10.0. The summed E-state index contributed by atoms with van der Waals surface area (Å²) in [6.07, 6.45) is 1.42. The zero-order valence-electron chi connectivity index (χ0n) is 18.0. The van der Waals surface area contributed by atoms with Gasteiger partial charge >= 0.3 is 0 Å². The number of phenols is 1. The first kappa shape index (κ1) is 22.3. The Hall–Kier alpha value is -3.91. The first-order valence-electron chi connectivity index (χ1n) is 10.2. The van der Waals surface area contributed by atoms with E-state index in [0.717, 1.165) is 28.1 Å². The van der Waals surface area contributed by atoms with Crippen molar-refractivity contribution < 1.29 is 9.90 Å². The van der Waals surface area contributed by atoms with Crippen molar-refractivity contribution in [1.82, 2.24) is 15.0 Å². The van der Waals surface area contributed by atoms with Crippen LogP contribution < -0.4 is 11.0 Å². The molecule has 0 fully saturated rings. The van der Waals surface area contributed by atoms with Crippen molar-refractivity contribution in [2.45, 2.75) is 18.6 Å². The van der Waals surface area contributed by atoms with Crippen molar-refractivity contribution in [3.05, 3.63) is 88.7 Å². The number of hydrogen-bond donors (Lipinski definition) is 2. The fourth-order valence-corrected chi connectivity index (χ4v) is 4.21. The Balaban J connectivity index is 1.50. The molecule has 7 nitrogen and oxygen atoms in total. The fraction of sp³-hybridized carbons (Fsp3) is 0.120. The lowest BCUT2D eigenvalue weighted by Gasteiger charge is -2.12. The number of hydrogen-bond acceptors (Lipinski definition) is 6. The molecule has 0 atom stereocenters. The second kappa shape index (κ2) is 9.70. The lowest BCUT2D eigenvalue weighted by molar-refractivity contribution is -0.118. The van der Waals surface area contributed by atoms with E-state index in [4.69, 9.17) is 0 Å². The number of phenolic OH excluding ortho intramolecular Hbond substituents is 1. The SMILES string of the molecule is C=C(C)Cn1c(SCC(=O)N/N=C\c2c(O)ccc3ccccc23)nc2ccccc2c1=O. The molecule has 0 saturated carbocycles. The van der Waals surface area contributed by atoms with Crippen LogP contribution in [-0.4, -0.2) is 32.5 Å². The molecule has 0 spiro atoms. The highest BCUT2D eigenvalue weighted by Gasteiger charge is 2.13. The van der Waals surface area contributed by atoms with Gasteiger partial charge in [-0.05, 0) is 35.9 Å². The maximum Gasteiger partial charge on any atom is 0.262 e. The molecule has 0 unspecified atom stereocenters. The Labute approximate surface area is 194 Å². The topological polar surface area (TPSA) is 96.6 Å². The number of hydrazone groups is 1. The summed E-state index contributed by atoms with van der Waals surface area (Å²) in [4.78, 5) is 29.9. The van der Waals surface area contributed by atoms with Gasteiger partial charge in [0.05, 0.1) is 22.9 Å². The third-order valence-electron chi connectivity index (χ3n) is 4.92. The van der Waals surface area contributed by atoms with Gasteiger partial charge in [-0.2, -0.15) is 5.10 Å². The van der Waals surface area contributed by atoms with Crippen molar-refractivity contribution in [3.63, 3.8) is 0 Å². The van der Waals surface area contributed by atoms with Crippen LogP contribution in [0.3, 0.4) is 0 Å². The van der Waals surface area contributed by atoms with Crippen molar-refractivity contribution >= 4 is 45.6 Å². The molecule has 0 saturated heterocycles. The first-order chi connectivity index (χ1) is 15.9. The average molecular weight is 459 g/mol. The van der Waals surface area contributed by atoms with Gasteiger partial charge in [0, 0.05) is 12.1 Å². The minimum absolute atomic E-state index is 0.0137. The van der Waals surface area contributed by atoms with E-state index in [1.54, 1.807) is 24.3 Å². The maximum atomic E-state index is 12.9. The molecule has 0 aliphatic rings. The van der Waals surface area contributed by atoms with E-state index in [0.29, 0.717) is 28.2 Å². The normalized spacial score (nSPS) is 11.3. The van der Waals surface area contributed by atoms with E-state index in [-0.39, 0.29) is 23.0 Å². The lowest BCUT2D eigenvalue weighted by Crippen LogP contribution is -2.25. The Morgan fingerprint density at radius 1 is 1.15 bits per heavy atom. The number of rotatable bonds is 7. The minimum Gasteiger partial charge on any atom is -0.507 e. The van der Waals surface area contributed by atoms with Crippen LogP contribution in [0.25, 0.3) is 21.7 Å². The predicted molar refractivity (Wildman–Crippen MR) is 133 cm³/mol. The molecule has 3 aromatic carbocycles. The number of para-hydroxylation sites is 1. The molecule has 0 radical (unpaired) electrons. The van der Waals surface area contributed by atoms with Crippen molar-refractivity contribution in [3.8, 4) is 5.75 Å². The summed E-state index contributed by atoms with van der Waals surface area (Å²) in [6, 6.07) is 18.1. The highest BCUT2D eigenvalue weighted by molar-refractivity contribution is 7.99. The number of amides is 1. The van der Waals surface area contributed by atoms with Crippen LogP contribution >= 0.6 is 11.8 Å². The molecular weight excluding hydrogens is 436 g/mol. The number of fused-ring (bicyclic) bond motifs is 2. The number of nitrogens with zero attached hydrogens (tertiary/aromatic N) is 3. The van der Waals surface area contributed by atoms with Crippen LogP contribution in [0.4, 0.5) is 0 Å². The zero-order chi connectivity index (χ0) is 23.4. The quantitative estimate of drug-likeness (QED) is 0.143. The molecule has 0 aliphatic heterocycles. The molecule has 1 heterocycles. The molecule has 1 aromatic heterocycles. The van der Waals surface area contributed by atoms with Crippen LogP contribution in [0.5, 0.6) is 5.75 Å². The second-order valence-corrected chi connectivity index (χ2v) is 8.50. The third kappa shape index (κ3) is 4.96. The smallest absolute Gasteiger partial charge is 0.262 e. The van der Waals surface area contributed by atoms with E-state index in [2.05, 4.69) is 22.1 Å². The van der Waals surface area contributed by atoms with Gasteiger partial charge in [-0.15, -0.1) is 0 Å². The standard InChI is InChI=1S/C25H22N4O3S/c1-16(2)14-29-24(32)19-9-5-6-10-21(19)27-25(29)33-15-23(31)28-26-13-20-18-8-4-3-7-17(18)11-12-22(20)30/h3-13,30H,1,14-15H2,2H3,(H,28,31)/b26-13-. The predicted octanol–water partition coefficient (Wildman–Crippen LogP) is 4.07. The molecule has 8 heteroatoms. The molecule has 166 valence electrons. The van der Waals surface area contributed by atoms with E-state index in [9.17, 15) is 14.7 Å². The van der Waals surface area contributed by atoms with Crippen LogP contribution in [0.2, 0.25) is 0 Å². The zero-order valence-corrected chi connectivity index (χ0v) is 18.8.